The standard InChI is InChI=1S/C22H24F3N3O7/c1-20(2,3)35-19(30)27-13-5-8-15(9-6-13)34-12-21(4,31)18(29)26-14-7-10-17(28(32)33)16(11-14)22(23,24)25/h5-11,31H,12H2,1-4H3,(H,26,29)(H,27,30)/t21-/m0/s1. The van der Waals surface area contributed by atoms with Crippen LogP contribution in [0.5, 0.6) is 5.75 Å². The van der Waals surface area contributed by atoms with Gasteiger partial charge in [-0.25, -0.2) is 4.79 Å². The van der Waals surface area contributed by atoms with Crippen LogP contribution in [0.15, 0.2) is 42.5 Å². The summed E-state index contributed by atoms with van der Waals surface area (Å²) in [6, 6.07) is 7.81. The summed E-state index contributed by atoms with van der Waals surface area (Å²) >= 11 is 0. The van der Waals surface area contributed by atoms with Crippen LogP contribution in [-0.2, 0) is 15.7 Å². The minimum absolute atomic E-state index is 0.225. The molecule has 1 atom stereocenters. The van der Waals surface area contributed by atoms with E-state index in [1.165, 1.54) is 24.3 Å². The van der Waals surface area contributed by atoms with Gasteiger partial charge in [0.2, 0.25) is 0 Å². The molecule has 0 heterocycles. The van der Waals surface area contributed by atoms with Gasteiger partial charge in [-0.15, -0.1) is 0 Å². The van der Waals surface area contributed by atoms with Crippen molar-refractivity contribution in [2.24, 2.45) is 0 Å². The molecule has 3 N–H and O–H groups in total. The molecule has 0 aliphatic carbocycles. The molecule has 0 saturated heterocycles. The van der Waals surface area contributed by atoms with Crippen LogP contribution in [0.1, 0.15) is 33.3 Å². The molecule has 2 aromatic rings. The highest BCUT2D eigenvalue weighted by atomic mass is 19.4. The molecule has 0 saturated carbocycles. The second kappa shape index (κ2) is 10.2. The maximum Gasteiger partial charge on any atom is 0.423 e. The minimum atomic E-state index is -5.03. The van der Waals surface area contributed by atoms with Gasteiger partial charge < -0.3 is 19.9 Å². The van der Waals surface area contributed by atoms with Crippen LogP contribution < -0.4 is 15.4 Å². The van der Waals surface area contributed by atoms with Crippen molar-refractivity contribution >= 4 is 29.1 Å². The van der Waals surface area contributed by atoms with Crippen molar-refractivity contribution < 1.29 is 42.3 Å². The Labute approximate surface area is 198 Å². The molecule has 0 aliphatic rings. The van der Waals surface area contributed by atoms with E-state index in [4.69, 9.17) is 9.47 Å². The van der Waals surface area contributed by atoms with E-state index in [0.29, 0.717) is 17.8 Å². The second-order valence-corrected chi connectivity index (χ2v) is 8.65. The third-order valence-corrected chi connectivity index (χ3v) is 4.27. The molecule has 2 amide bonds. The molecule has 35 heavy (non-hydrogen) atoms. The number of carbonyl (C=O) groups excluding carboxylic acids is 2. The quantitative estimate of drug-likeness (QED) is 0.370. The SMILES string of the molecule is CC(C)(C)OC(=O)Nc1ccc(OC[C@](C)(O)C(=O)Nc2ccc([N+](=O)[O-])c(C(F)(F)F)c2)cc1. The maximum absolute atomic E-state index is 13.1. The van der Waals surface area contributed by atoms with E-state index < -0.39 is 57.8 Å². The number of nitrogens with zero attached hydrogens (tertiary/aromatic N) is 1. The van der Waals surface area contributed by atoms with Crippen molar-refractivity contribution in [2.45, 2.75) is 45.1 Å². The van der Waals surface area contributed by atoms with Crippen molar-refractivity contribution in [2.75, 3.05) is 17.2 Å². The predicted octanol–water partition coefficient (Wildman–Crippen LogP) is 4.73. The highest BCUT2D eigenvalue weighted by molar-refractivity contribution is 5.97. The number of alkyl halides is 3. The number of rotatable bonds is 7. The topological polar surface area (TPSA) is 140 Å². The third kappa shape index (κ3) is 8.14. The van der Waals surface area contributed by atoms with Crippen molar-refractivity contribution in [1.29, 1.82) is 0 Å². The van der Waals surface area contributed by atoms with E-state index in [2.05, 4.69) is 10.6 Å². The van der Waals surface area contributed by atoms with Crippen molar-refractivity contribution in [3.63, 3.8) is 0 Å². The number of hydrogen-bond acceptors (Lipinski definition) is 7. The normalized spacial score (nSPS) is 13.4. The minimum Gasteiger partial charge on any atom is -0.490 e. The number of anilines is 2. The molecule has 13 heteroatoms. The van der Waals surface area contributed by atoms with Gasteiger partial charge in [0, 0.05) is 17.4 Å². The van der Waals surface area contributed by atoms with Gasteiger partial charge in [0.05, 0.1) is 4.92 Å². The van der Waals surface area contributed by atoms with E-state index in [-0.39, 0.29) is 5.75 Å². The second-order valence-electron chi connectivity index (χ2n) is 8.65. The fraction of sp³-hybridized carbons (Fsp3) is 0.364. The van der Waals surface area contributed by atoms with Crippen LogP contribution in [0.2, 0.25) is 0 Å². The lowest BCUT2D eigenvalue weighted by Crippen LogP contribution is -2.45. The molecule has 0 aliphatic heterocycles. The van der Waals surface area contributed by atoms with E-state index in [1.807, 2.05) is 0 Å². The van der Waals surface area contributed by atoms with Crippen molar-refractivity contribution in [3.8, 4) is 5.75 Å². The summed E-state index contributed by atoms with van der Waals surface area (Å²) in [5.74, 6) is -0.870. The highest BCUT2D eigenvalue weighted by Gasteiger charge is 2.39. The van der Waals surface area contributed by atoms with Gasteiger partial charge in [0.15, 0.2) is 5.60 Å². The number of amides is 2. The van der Waals surface area contributed by atoms with Crippen molar-refractivity contribution in [1.82, 2.24) is 0 Å². The lowest BCUT2D eigenvalue weighted by Gasteiger charge is -2.23. The van der Waals surface area contributed by atoms with E-state index >= 15 is 0 Å². The summed E-state index contributed by atoms with van der Waals surface area (Å²) in [4.78, 5) is 33.8. The smallest absolute Gasteiger partial charge is 0.423 e. The van der Waals surface area contributed by atoms with Crippen LogP contribution in [0.25, 0.3) is 0 Å². The molecular weight excluding hydrogens is 475 g/mol. The van der Waals surface area contributed by atoms with E-state index in [9.17, 15) is 38.0 Å². The summed E-state index contributed by atoms with van der Waals surface area (Å²) in [7, 11) is 0. The average molecular weight is 499 g/mol. The predicted molar refractivity (Wildman–Crippen MR) is 119 cm³/mol. The first kappa shape index (κ1) is 27.4. The van der Waals surface area contributed by atoms with Gasteiger partial charge in [0.1, 0.15) is 23.5 Å². The number of hydrogen-bond donors (Lipinski definition) is 3. The lowest BCUT2D eigenvalue weighted by atomic mass is 10.1. The van der Waals surface area contributed by atoms with Crippen LogP contribution in [0.4, 0.5) is 35.0 Å². The first-order chi connectivity index (χ1) is 16.0. The van der Waals surface area contributed by atoms with Gasteiger partial charge in [-0.2, -0.15) is 13.2 Å². The molecule has 0 unspecified atom stereocenters. The van der Waals surface area contributed by atoms with Crippen molar-refractivity contribution in [3.05, 3.63) is 58.1 Å². The monoisotopic (exact) mass is 499 g/mol. The molecule has 190 valence electrons. The summed E-state index contributed by atoms with van der Waals surface area (Å²) in [5, 5.41) is 25.9. The zero-order valence-electron chi connectivity index (χ0n) is 19.2. The van der Waals surface area contributed by atoms with E-state index in [0.717, 1.165) is 13.0 Å². The molecule has 10 nitrogen and oxygen atoms in total. The van der Waals surface area contributed by atoms with Crippen LogP contribution in [0, 0.1) is 10.1 Å². The van der Waals surface area contributed by atoms with E-state index in [1.54, 1.807) is 20.8 Å². The lowest BCUT2D eigenvalue weighted by molar-refractivity contribution is -0.388. The number of ether oxygens (including phenoxy) is 2. The van der Waals surface area contributed by atoms with Gasteiger partial charge in [-0.05, 0) is 64.1 Å². The van der Waals surface area contributed by atoms with Gasteiger partial charge in [-0.1, -0.05) is 0 Å². The molecule has 2 aromatic carbocycles. The summed E-state index contributed by atoms with van der Waals surface area (Å²) in [6.07, 6.45) is -5.69. The van der Waals surface area contributed by atoms with Gasteiger partial charge in [0.25, 0.3) is 11.6 Å². The molecule has 2 rings (SSSR count). The summed E-state index contributed by atoms with van der Waals surface area (Å²) in [6.45, 7) is 5.64. The first-order valence-corrected chi connectivity index (χ1v) is 10.1. The van der Waals surface area contributed by atoms with Crippen LogP contribution >= 0.6 is 0 Å². The van der Waals surface area contributed by atoms with Crippen LogP contribution in [0.3, 0.4) is 0 Å². The molecule has 0 fully saturated rings. The number of nitro groups is 1. The fourth-order valence-corrected chi connectivity index (χ4v) is 2.61. The Morgan fingerprint density at radius 1 is 1.00 bits per heavy atom. The maximum atomic E-state index is 13.1. The Morgan fingerprint density at radius 2 is 1.57 bits per heavy atom. The average Bonchev–Trinajstić information content (AvgIpc) is 2.71. The van der Waals surface area contributed by atoms with Gasteiger partial charge in [-0.3, -0.25) is 20.2 Å². The Hall–Kier alpha value is -3.87. The number of nitrogens with one attached hydrogen (secondary N) is 2. The summed E-state index contributed by atoms with van der Waals surface area (Å²) in [5.41, 5.74) is -5.57. The molecule has 0 bridgehead atoms. The van der Waals surface area contributed by atoms with Crippen LogP contribution in [-0.4, -0.2) is 39.8 Å². The fourth-order valence-electron chi connectivity index (χ4n) is 2.61. The first-order valence-electron chi connectivity index (χ1n) is 10.1. The number of aliphatic hydroxyl groups is 1. The Balaban J connectivity index is 2.02. The largest absolute Gasteiger partial charge is 0.490 e. The number of halogens is 3. The zero-order valence-corrected chi connectivity index (χ0v) is 19.2. The Bertz CT molecular complexity index is 1090. The zero-order chi connectivity index (χ0) is 26.6. The third-order valence-electron chi connectivity index (χ3n) is 4.27. The molecule has 0 radical (unpaired) electrons. The summed E-state index contributed by atoms with van der Waals surface area (Å²) < 4.78 is 49.9. The molecular formula is C22H24F3N3O7. The Morgan fingerprint density at radius 3 is 2.09 bits per heavy atom. The van der Waals surface area contributed by atoms with Gasteiger partial charge >= 0.3 is 12.3 Å². The number of carbonyl (C=O) groups is 2. The molecule has 0 spiro atoms. The number of nitro benzene ring substituents is 1. The number of benzene rings is 2. The molecule has 0 aromatic heterocycles. The Kier molecular flexibility index (Phi) is 7.96. The highest BCUT2D eigenvalue weighted by Crippen LogP contribution is 2.37.